The molecule has 1 aliphatic heterocycles. The summed E-state index contributed by atoms with van der Waals surface area (Å²) in [4.78, 5) is 41.3. The van der Waals surface area contributed by atoms with Crippen molar-refractivity contribution in [3.8, 4) is 0 Å². The van der Waals surface area contributed by atoms with Crippen LogP contribution in [0, 0.1) is 5.92 Å². The number of rotatable bonds is 3. The number of imidazole rings is 1. The molecule has 4 rings (SSSR count). The second kappa shape index (κ2) is 6.87. The third kappa shape index (κ3) is 3.15. The van der Waals surface area contributed by atoms with E-state index in [0.717, 1.165) is 31.2 Å². The molecule has 1 saturated heterocycles. The van der Waals surface area contributed by atoms with Crippen LogP contribution < -0.4 is 5.69 Å². The third-order valence-corrected chi connectivity index (χ3v) is 6.15. The molecule has 144 valence electrons. The Morgan fingerprint density at radius 3 is 2.59 bits per heavy atom. The lowest BCUT2D eigenvalue weighted by Crippen LogP contribution is -2.47. The van der Waals surface area contributed by atoms with E-state index in [4.69, 9.17) is 0 Å². The van der Waals surface area contributed by atoms with Crippen molar-refractivity contribution in [3.05, 3.63) is 34.2 Å². The van der Waals surface area contributed by atoms with Crippen LogP contribution in [0.4, 0.5) is 0 Å². The topological polar surface area (TPSA) is 95.4 Å². The summed E-state index contributed by atoms with van der Waals surface area (Å²) < 4.78 is 1.82. The first kappa shape index (κ1) is 17.8. The highest BCUT2D eigenvalue weighted by Gasteiger charge is 2.33. The Hall–Kier alpha value is -2.57. The maximum absolute atomic E-state index is 13.0. The van der Waals surface area contributed by atoms with E-state index in [1.807, 2.05) is 17.6 Å². The average molecular weight is 371 g/mol. The van der Waals surface area contributed by atoms with Crippen molar-refractivity contribution in [2.75, 3.05) is 6.54 Å². The molecular formula is C20H25N3O4. The van der Waals surface area contributed by atoms with Gasteiger partial charge in [-0.1, -0.05) is 12.8 Å². The molecule has 2 heterocycles. The normalized spacial score (nSPS) is 23.8. The van der Waals surface area contributed by atoms with Gasteiger partial charge in [-0.3, -0.25) is 14.2 Å². The first-order valence-corrected chi connectivity index (χ1v) is 9.73. The highest BCUT2D eigenvalue weighted by Crippen LogP contribution is 2.31. The lowest BCUT2D eigenvalue weighted by atomic mass is 9.93. The molecule has 0 spiro atoms. The number of carboxylic acids is 1. The summed E-state index contributed by atoms with van der Waals surface area (Å²) in [6, 6.07) is 5.54. The molecule has 1 saturated carbocycles. The molecule has 2 fully saturated rings. The number of aliphatic carboxylic acids is 1. The van der Waals surface area contributed by atoms with Crippen LogP contribution in [0.3, 0.4) is 0 Å². The van der Waals surface area contributed by atoms with Crippen molar-refractivity contribution in [2.45, 2.75) is 57.5 Å². The summed E-state index contributed by atoms with van der Waals surface area (Å²) in [6.45, 7) is 2.18. The molecule has 1 aromatic carbocycles. The zero-order valence-electron chi connectivity index (χ0n) is 15.5. The maximum Gasteiger partial charge on any atom is 0.326 e. The monoisotopic (exact) mass is 371 g/mol. The molecule has 2 aliphatic rings. The molecule has 2 N–H and O–H groups in total. The molecule has 1 aliphatic carbocycles. The molecule has 7 heteroatoms. The first-order valence-electron chi connectivity index (χ1n) is 9.73. The van der Waals surface area contributed by atoms with E-state index in [9.17, 15) is 19.5 Å². The maximum atomic E-state index is 13.0. The SMILES string of the molecule is CC1CCC(C(=O)O)CN1C(=O)c1ccc2c(c1)[nH]c(=O)n2C1CCCC1. The van der Waals surface area contributed by atoms with Gasteiger partial charge in [0.05, 0.1) is 17.0 Å². The summed E-state index contributed by atoms with van der Waals surface area (Å²) in [7, 11) is 0. The van der Waals surface area contributed by atoms with E-state index in [2.05, 4.69) is 4.98 Å². The quantitative estimate of drug-likeness (QED) is 0.867. The Balaban J connectivity index is 1.64. The van der Waals surface area contributed by atoms with Crippen LogP contribution in [-0.4, -0.2) is 44.0 Å². The number of nitrogens with zero attached hydrogens (tertiary/aromatic N) is 2. The number of hydrogen-bond acceptors (Lipinski definition) is 3. The lowest BCUT2D eigenvalue weighted by Gasteiger charge is -2.36. The van der Waals surface area contributed by atoms with Gasteiger partial charge in [-0.2, -0.15) is 0 Å². The third-order valence-electron chi connectivity index (χ3n) is 6.15. The molecule has 7 nitrogen and oxygen atoms in total. The highest BCUT2D eigenvalue weighted by atomic mass is 16.4. The Labute approximate surface area is 157 Å². The van der Waals surface area contributed by atoms with E-state index >= 15 is 0 Å². The molecule has 2 unspecified atom stereocenters. The predicted octanol–water partition coefficient (Wildman–Crippen LogP) is 2.77. The zero-order valence-corrected chi connectivity index (χ0v) is 15.5. The van der Waals surface area contributed by atoms with Gasteiger partial charge < -0.3 is 15.0 Å². The molecule has 1 amide bonds. The summed E-state index contributed by atoms with van der Waals surface area (Å²) in [5, 5.41) is 9.29. The number of nitrogens with one attached hydrogen (secondary N) is 1. The average Bonchev–Trinajstić information content (AvgIpc) is 3.27. The Morgan fingerprint density at radius 1 is 1.15 bits per heavy atom. The van der Waals surface area contributed by atoms with Crippen molar-refractivity contribution in [2.24, 2.45) is 5.92 Å². The number of aromatic amines is 1. The van der Waals surface area contributed by atoms with Crippen molar-refractivity contribution in [1.29, 1.82) is 0 Å². The van der Waals surface area contributed by atoms with Gasteiger partial charge in [0.2, 0.25) is 0 Å². The van der Waals surface area contributed by atoms with E-state index < -0.39 is 11.9 Å². The molecule has 0 bridgehead atoms. The van der Waals surface area contributed by atoms with Gasteiger partial charge in [0.15, 0.2) is 0 Å². The van der Waals surface area contributed by atoms with Gasteiger partial charge in [-0.05, 0) is 50.8 Å². The van der Waals surface area contributed by atoms with E-state index in [-0.39, 0.29) is 30.2 Å². The van der Waals surface area contributed by atoms with Crippen LogP contribution >= 0.6 is 0 Å². The van der Waals surface area contributed by atoms with Crippen LogP contribution in [0.1, 0.15) is 61.8 Å². The minimum absolute atomic E-state index is 0.00549. The van der Waals surface area contributed by atoms with Gasteiger partial charge >= 0.3 is 11.7 Å². The summed E-state index contributed by atoms with van der Waals surface area (Å²) in [5.74, 6) is -1.55. The zero-order chi connectivity index (χ0) is 19.1. The van der Waals surface area contributed by atoms with Crippen molar-refractivity contribution in [1.82, 2.24) is 14.5 Å². The molecule has 27 heavy (non-hydrogen) atoms. The van der Waals surface area contributed by atoms with E-state index in [1.54, 1.807) is 17.0 Å². The summed E-state index contributed by atoms with van der Waals surface area (Å²) in [6.07, 6.45) is 5.57. The number of hydrogen-bond donors (Lipinski definition) is 2. The van der Waals surface area contributed by atoms with Crippen molar-refractivity contribution in [3.63, 3.8) is 0 Å². The number of amides is 1. The van der Waals surface area contributed by atoms with Gasteiger partial charge in [0, 0.05) is 24.2 Å². The number of carbonyl (C=O) groups excluding carboxylic acids is 1. The number of H-pyrrole nitrogens is 1. The lowest BCUT2D eigenvalue weighted by molar-refractivity contribution is -0.143. The minimum atomic E-state index is -0.854. The molecule has 2 aromatic rings. The number of carboxylic acid groups (broad SMARTS) is 1. The fourth-order valence-corrected chi connectivity index (χ4v) is 4.55. The number of piperidine rings is 1. The van der Waals surface area contributed by atoms with Gasteiger partial charge in [0.1, 0.15) is 0 Å². The summed E-state index contributed by atoms with van der Waals surface area (Å²) in [5.41, 5.74) is 1.86. The van der Waals surface area contributed by atoms with Crippen LogP contribution in [0.2, 0.25) is 0 Å². The van der Waals surface area contributed by atoms with E-state index in [0.29, 0.717) is 23.9 Å². The molecular weight excluding hydrogens is 346 g/mol. The van der Waals surface area contributed by atoms with Crippen molar-refractivity contribution < 1.29 is 14.7 Å². The Bertz CT molecular complexity index is 938. The number of likely N-dealkylation sites (tertiary alicyclic amines) is 1. The predicted molar refractivity (Wildman–Crippen MR) is 101 cm³/mol. The van der Waals surface area contributed by atoms with Crippen LogP contribution in [0.25, 0.3) is 11.0 Å². The smallest absolute Gasteiger partial charge is 0.326 e. The standard InChI is InChI=1S/C20H25N3O4/c1-12-6-7-14(19(25)26)11-22(12)18(24)13-8-9-17-16(10-13)21-20(27)23(17)15-4-2-3-5-15/h8-10,12,14-15H,2-7,11H2,1H3,(H,21,27)(H,25,26). The van der Waals surface area contributed by atoms with Crippen molar-refractivity contribution >= 4 is 22.9 Å². The number of benzene rings is 1. The van der Waals surface area contributed by atoms with Gasteiger partial charge in [0.25, 0.3) is 5.91 Å². The highest BCUT2D eigenvalue weighted by molar-refractivity contribution is 5.97. The fourth-order valence-electron chi connectivity index (χ4n) is 4.55. The van der Waals surface area contributed by atoms with Crippen LogP contribution in [0.15, 0.2) is 23.0 Å². The second-order valence-electron chi connectivity index (χ2n) is 7.89. The molecule has 0 radical (unpaired) electrons. The summed E-state index contributed by atoms with van der Waals surface area (Å²) >= 11 is 0. The van der Waals surface area contributed by atoms with Crippen LogP contribution in [0.5, 0.6) is 0 Å². The molecule has 2 atom stereocenters. The number of carbonyl (C=O) groups is 2. The first-order chi connectivity index (χ1) is 13.0. The largest absolute Gasteiger partial charge is 0.481 e. The molecule has 1 aromatic heterocycles. The Kier molecular flexibility index (Phi) is 4.53. The van der Waals surface area contributed by atoms with Crippen LogP contribution in [-0.2, 0) is 4.79 Å². The van der Waals surface area contributed by atoms with E-state index in [1.165, 1.54) is 0 Å². The number of fused-ring (bicyclic) bond motifs is 1. The number of aromatic nitrogens is 2. The second-order valence-corrected chi connectivity index (χ2v) is 7.89. The fraction of sp³-hybridized carbons (Fsp3) is 0.550. The minimum Gasteiger partial charge on any atom is -0.481 e. The Morgan fingerprint density at radius 2 is 1.89 bits per heavy atom. The van der Waals surface area contributed by atoms with Gasteiger partial charge in [-0.15, -0.1) is 0 Å². The van der Waals surface area contributed by atoms with Gasteiger partial charge in [-0.25, -0.2) is 4.79 Å².